The number of carbonyl (C=O) groups excluding carboxylic acids is 1. The van der Waals surface area contributed by atoms with Gasteiger partial charge >= 0.3 is 6.03 Å². The second-order valence-electron chi connectivity index (χ2n) is 5.62. The minimum absolute atomic E-state index is 0.171. The number of nitrogens with zero attached hydrogens (tertiary/aromatic N) is 6. The summed E-state index contributed by atoms with van der Waals surface area (Å²) < 4.78 is 3.34. The third-order valence-corrected chi connectivity index (χ3v) is 3.83. The lowest BCUT2D eigenvalue weighted by Gasteiger charge is -2.19. The highest BCUT2D eigenvalue weighted by atomic mass is 16.2. The summed E-state index contributed by atoms with van der Waals surface area (Å²) in [6, 6.07) is 9.28. The molecule has 1 atom stereocenters. The van der Waals surface area contributed by atoms with Gasteiger partial charge in [0.2, 0.25) is 5.95 Å². The Hall–Kier alpha value is -3.23. The quantitative estimate of drug-likeness (QED) is 0.710. The van der Waals surface area contributed by atoms with Crippen LogP contribution in [-0.4, -0.2) is 35.6 Å². The fourth-order valence-electron chi connectivity index (χ4n) is 2.43. The van der Waals surface area contributed by atoms with Crippen LogP contribution >= 0.6 is 0 Å². The van der Waals surface area contributed by atoms with Gasteiger partial charge in [-0.3, -0.25) is 14.7 Å². The smallest absolute Gasteiger partial charge is 0.322 e. The number of aromatic nitrogens is 6. The summed E-state index contributed by atoms with van der Waals surface area (Å²) in [4.78, 5) is 20.4. The Morgan fingerprint density at radius 3 is 2.72 bits per heavy atom. The molecule has 2 amide bonds. The molecular formula is C16H20N8O. The number of amides is 2. The van der Waals surface area contributed by atoms with Gasteiger partial charge in [0.25, 0.3) is 0 Å². The van der Waals surface area contributed by atoms with E-state index in [1.54, 1.807) is 22.7 Å². The highest BCUT2D eigenvalue weighted by molar-refractivity contribution is 5.87. The van der Waals surface area contributed by atoms with Crippen LogP contribution in [0.1, 0.15) is 23.9 Å². The van der Waals surface area contributed by atoms with Crippen molar-refractivity contribution in [3.8, 4) is 0 Å². The molecule has 0 radical (unpaired) electrons. The Morgan fingerprint density at radius 2 is 2.08 bits per heavy atom. The minimum Gasteiger partial charge on any atom is -0.331 e. The largest absolute Gasteiger partial charge is 0.331 e. The number of benzene rings is 1. The van der Waals surface area contributed by atoms with Crippen LogP contribution in [0.25, 0.3) is 0 Å². The molecule has 25 heavy (non-hydrogen) atoms. The molecule has 9 nitrogen and oxygen atoms in total. The molecule has 0 fully saturated rings. The van der Waals surface area contributed by atoms with Gasteiger partial charge in [-0.05, 0) is 18.9 Å². The van der Waals surface area contributed by atoms with Gasteiger partial charge in [-0.2, -0.15) is 10.1 Å². The Balaban J connectivity index is 1.66. The summed E-state index contributed by atoms with van der Waals surface area (Å²) in [6.45, 7) is 2.46. The van der Waals surface area contributed by atoms with Gasteiger partial charge in [-0.15, -0.1) is 5.10 Å². The van der Waals surface area contributed by atoms with Crippen LogP contribution in [-0.2, 0) is 13.6 Å². The first kappa shape index (κ1) is 16.6. The molecule has 3 rings (SSSR count). The van der Waals surface area contributed by atoms with Crippen molar-refractivity contribution in [3.63, 3.8) is 0 Å². The van der Waals surface area contributed by atoms with E-state index >= 15 is 0 Å². The van der Waals surface area contributed by atoms with E-state index in [0.29, 0.717) is 13.0 Å². The van der Waals surface area contributed by atoms with Crippen LogP contribution in [0.4, 0.5) is 10.7 Å². The first-order valence-electron chi connectivity index (χ1n) is 7.94. The van der Waals surface area contributed by atoms with Crippen molar-refractivity contribution < 1.29 is 4.79 Å². The number of carbonyl (C=O) groups is 1. The van der Waals surface area contributed by atoms with Gasteiger partial charge in [0.15, 0.2) is 0 Å². The summed E-state index contributed by atoms with van der Waals surface area (Å²) in [7, 11) is 1.77. The Labute approximate surface area is 145 Å². The molecular weight excluding hydrogens is 320 g/mol. The zero-order valence-corrected chi connectivity index (χ0v) is 14.1. The monoisotopic (exact) mass is 340 g/mol. The molecule has 0 aliphatic carbocycles. The van der Waals surface area contributed by atoms with E-state index in [1.807, 2.05) is 37.3 Å². The summed E-state index contributed by atoms with van der Waals surface area (Å²) in [6.07, 6.45) is 3.82. The predicted molar refractivity (Wildman–Crippen MR) is 91.7 cm³/mol. The van der Waals surface area contributed by atoms with Crippen molar-refractivity contribution in [2.45, 2.75) is 25.9 Å². The molecule has 0 saturated heterocycles. The maximum Gasteiger partial charge on any atom is 0.322 e. The molecule has 1 unspecified atom stereocenters. The van der Waals surface area contributed by atoms with E-state index in [0.717, 1.165) is 11.4 Å². The standard InChI is InChI=1S/C16H20N8O/c1-12-19-15(22-23(12)2)21-16(25)20-14(13-6-4-3-5-7-13)8-9-24-11-17-10-18-24/h3-7,10-11,14H,8-9H2,1-2H3,(H2,20,21,22,25). The number of anilines is 1. The van der Waals surface area contributed by atoms with Gasteiger partial charge in [0, 0.05) is 13.6 Å². The van der Waals surface area contributed by atoms with E-state index in [1.165, 1.54) is 6.33 Å². The summed E-state index contributed by atoms with van der Waals surface area (Å²) >= 11 is 0. The number of urea groups is 1. The second kappa shape index (κ2) is 7.56. The predicted octanol–water partition coefficient (Wildman–Crippen LogP) is 1.67. The molecule has 2 N–H and O–H groups in total. The molecule has 2 aromatic heterocycles. The normalized spacial score (nSPS) is 11.9. The van der Waals surface area contributed by atoms with E-state index in [4.69, 9.17) is 0 Å². The average molecular weight is 340 g/mol. The van der Waals surface area contributed by atoms with E-state index < -0.39 is 0 Å². The summed E-state index contributed by atoms with van der Waals surface area (Å²) in [5.41, 5.74) is 1.02. The molecule has 130 valence electrons. The molecule has 9 heteroatoms. The number of hydrogen-bond donors (Lipinski definition) is 2. The fraction of sp³-hybridized carbons (Fsp3) is 0.312. The maximum atomic E-state index is 12.3. The SMILES string of the molecule is Cc1nc(NC(=O)NC(CCn2cncn2)c2ccccc2)nn1C. The lowest BCUT2D eigenvalue weighted by molar-refractivity contribution is 0.247. The molecule has 0 aliphatic heterocycles. The van der Waals surface area contributed by atoms with E-state index in [9.17, 15) is 4.79 Å². The highest BCUT2D eigenvalue weighted by Gasteiger charge is 2.16. The molecule has 0 aliphatic rings. The van der Waals surface area contributed by atoms with Gasteiger partial charge in [-0.25, -0.2) is 9.78 Å². The van der Waals surface area contributed by atoms with E-state index in [2.05, 4.69) is 30.8 Å². The van der Waals surface area contributed by atoms with Crippen LogP contribution in [0, 0.1) is 6.92 Å². The van der Waals surface area contributed by atoms with Crippen LogP contribution in [0.2, 0.25) is 0 Å². The average Bonchev–Trinajstić information content (AvgIpc) is 3.22. The number of hydrogen-bond acceptors (Lipinski definition) is 5. The van der Waals surface area contributed by atoms with Gasteiger partial charge in [0.05, 0.1) is 6.04 Å². The third-order valence-electron chi connectivity index (χ3n) is 3.83. The molecule has 2 heterocycles. The Morgan fingerprint density at radius 1 is 1.28 bits per heavy atom. The number of aryl methyl sites for hydroxylation is 3. The fourth-order valence-corrected chi connectivity index (χ4v) is 2.43. The van der Waals surface area contributed by atoms with Crippen LogP contribution in [0.5, 0.6) is 0 Å². The summed E-state index contributed by atoms with van der Waals surface area (Å²) in [5.74, 6) is 1.00. The van der Waals surface area contributed by atoms with Gasteiger partial charge in [-0.1, -0.05) is 30.3 Å². The first-order chi connectivity index (χ1) is 12.1. The topological polar surface area (TPSA) is 103 Å². The van der Waals surface area contributed by atoms with Crippen molar-refractivity contribution in [2.24, 2.45) is 7.05 Å². The zero-order valence-electron chi connectivity index (χ0n) is 14.1. The van der Waals surface area contributed by atoms with Crippen molar-refractivity contribution in [2.75, 3.05) is 5.32 Å². The molecule has 3 aromatic rings. The van der Waals surface area contributed by atoms with Crippen molar-refractivity contribution >= 4 is 12.0 Å². The molecule has 1 aromatic carbocycles. The van der Waals surface area contributed by atoms with Crippen LogP contribution < -0.4 is 10.6 Å². The number of nitrogens with one attached hydrogen (secondary N) is 2. The molecule has 0 saturated carbocycles. The zero-order chi connectivity index (χ0) is 17.6. The Kier molecular flexibility index (Phi) is 5.03. The van der Waals surface area contributed by atoms with Gasteiger partial charge < -0.3 is 5.32 Å². The van der Waals surface area contributed by atoms with Crippen molar-refractivity contribution in [1.82, 2.24) is 34.8 Å². The highest BCUT2D eigenvalue weighted by Crippen LogP contribution is 2.17. The Bertz CT molecular complexity index is 793. The second-order valence-corrected chi connectivity index (χ2v) is 5.62. The van der Waals surface area contributed by atoms with Crippen LogP contribution in [0.15, 0.2) is 43.0 Å². The molecule has 0 spiro atoms. The maximum absolute atomic E-state index is 12.3. The van der Waals surface area contributed by atoms with Crippen LogP contribution in [0.3, 0.4) is 0 Å². The molecule has 0 bridgehead atoms. The number of rotatable bonds is 6. The van der Waals surface area contributed by atoms with Crippen molar-refractivity contribution in [3.05, 3.63) is 54.4 Å². The lowest BCUT2D eigenvalue weighted by Crippen LogP contribution is -2.33. The van der Waals surface area contributed by atoms with E-state index in [-0.39, 0.29) is 18.0 Å². The minimum atomic E-state index is -0.349. The van der Waals surface area contributed by atoms with Crippen molar-refractivity contribution in [1.29, 1.82) is 0 Å². The van der Waals surface area contributed by atoms with Gasteiger partial charge in [0.1, 0.15) is 18.5 Å². The lowest BCUT2D eigenvalue weighted by atomic mass is 10.0. The first-order valence-corrected chi connectivity index (χ1v) is 7.94. The summed E-state index contributed by atoms with van der Waals surface area (Å²) in [5, 5.41) is 13.9. The third kappa shape index (κ3) is 4.40.